The molecule has 2 N–H and O–H groups in total. The van der Waals surface area contributed by atoms with E-state index in [0.717, 1.165) is 13.0 Å². The van der Waals surface area contributed by atoms with Crippen LogP contribution < -0.4 is 5.73 Å². The molecular formula is C15H27F3N2. The predicted octanol–water partition coefficient (Wildman–Crippen LogP) is 3.56. The highest BCUT2D eigenvalue weighted by Crippen LogP contribution is 2.44. The third-order valence-corrected chi connectivity index (χ3v) is 5.49. The summed E-state index contributed by atoms with van der Waals surface area (Å²) in [5.41, 5.74) is 5.81. The molecule has 0 spiro atoms. The molecule has 2 fully saturated rings. The lowest BCUT2D eigenvalue weighted by atomic mass is 9.73. The van der Waals surface area contributed by atoms with E-state index in [0.29, 0.717) is 31.3 Å². The molecule has 2 atom stereocenters. The van der Waals surface area contributed by atoms with Crippen LogP contribution in [0.3, 0.4) is 0 Å². The molecule has 2 aliphatic rings. The van der Waals surface area contributed by atoms with Crippen LogP contribution in [0.4, 0.5) is 13.2 Å². The zero-order chi connectivity index (χ0) is 15.0. The standard InChI is InChI=1S/C15H27F3N2/c1-11-3-4-12(2)20(9-11)14(10-19)7-5-13(6-8-14)15(16,17)18/h11-13H,3-10,19H2,1-2H3. The van der Waals surface area contributed by atoms with Gasteiger partial charge < -0.3 is 5.73 Å². The van der Waals surface area contributed by atoms with Gasteiger partial charge in [0.1, 0.15) is 0 Å². The Morgan fingerprint density at radius 2 is 1.70 bits per heavy atom. The molecule has 0 aromatic rings. The van der Waals surface area contributed by atoms with Crippen molar-refractivity contribution < 1.29 is 13.2 Å². The van der Waals surface area contributed by atoms with Gasteiger partial charge in [-0.25, -0.2) is 0 Å². The second-order valence-electron chi connectivity index (χ2n) is 6.93. The van der Waals surface area contributed by atoms with Gasteiger partial charge in [0.25, 0.3) is 0 Å². The minimum Gasteiger partial charge on any atom is -0.329 e. The third-order valence-electron chi connectivity index (χ3n) is 5.49. The Bertz CT molecular complexity index is 322. The number of halogens is 3. The van der Waals surface area contributed by atoms with E-state index in [1.54, 1.807) is 0 Å². The lowest BCUT2D eigenvalue weighted by Gasteiger charge is -2.53. The summed E-state index contributed by atoms with van der Waals surface area (Å²) in [6.45, 7) is 5.88. The zero-order valence-corrected chi connectivity index (χ0v) is 12.5. The molecule has 1 aliphatic carbocycles. The van der Waals surface area contributed by atoms with Crippen molar-refractivity contribution in [3.8, 4) is 0 Å². The fourth-order valence-corrected chi connectivity index (χ4v) is 4.04. The molecular weight excluding hydrogens is 265 g/mol. The Hall–Kier alpha value is -0.290. The molecule has 5 heteroatoms. The van der Waals surface area contributed by atoms with Gasteiger partial charge in [0.2, 0.25) is 0 Å². The van der Waals surface area contributed by atoms with Crippen molar-refractivity contribution in [3.05, 3.63) is 0 Å². The van der Waals surface area contributed by atoms with Gasteiger partial charge in [0, 0.05) is 24.7 Å². The van der Waals surface area contributed by atoms with E-state index in [1.165, 1.54) is 6.42 Å². The number of alkyl halides is 3. The maximum absolute atomic E-state index is 12.8. The Labute approximate surface area is 119 Å². The van der Waals surface area contributed by atoms with E-state index in [-0.39, 0.29) is 18.4 Å². The van der Waals surface area contributed by atoms with Crippen LogP contribution in [0.25, 0.3) is 0 Å². The maximum atomic E-state index is 12.8. The molecule has 0 amide bonds. The molecule has 2 unspecified atom stereocenters. The van der Waals surface area contributed by atoms with Gasteiger partial charge in [-0.3, -0.25) is 4.90 Å². The van der Waals surface area contributed by atoms with Crippen LogP contribution in [-0.4, -0.2) is 35.7 Å². The second-order valence-corrected chi connectivity index (χ2v) is 6.93. The third kappa shape index (κ3) is 3.14. The number of hydrogen-bond donors (Lipinski definition) is 1. The summed E-state index contributed by atoms with van der Waals surface area (Å²) in [5, 5.41) is 0. The van der Waals surface area contributed by atoms with E-state index in [9.17, 15) is 13.2 Å². The summed E-state index contributed by atoms with van der Waals surface area (Å²) in [4.78, 5) is 2.42. The number of likely N-dealkylation sites (tertiary alicyclic amines) is 1. The summed E-state index contributed by atoms with van der Waals surface area (Å²) in [6.07, 6.45) is -0.0528. The number of nitrogens with two attached hydrogens (primary N) is 1. The highest BCUT2D eigenvalue weighted by molar-refractivity contribution is 5.00. The van der Waals surface area contributed by atoms with Gasteiger partial charge in [-0.2, -0.15) is 13.2 Å². The lowest BCUT2D eigenvalue weighted by Crippen LogP contribution is -2.61. The molecule has 20 heavy (non-hydrogen) atoms. The van der Waals surface area contributed by atoms with Crippen LogP contribution in [-0.2, 0) is 0 Å². The summed E-state index contributed by atoms with van der Waals surface area (Å²) in [5.74, 6) is -0.505. The summed E-state index contributed by atoms with van der Waals surface area (Å²) < 4.78 is 38.5. The summed E-state index contributed by atoms with van der Waals surface area (Å²) >= 11 is 0. The fourth-order valence-electron chi connectivity index (χ4n) is 4.04. The quantitative estimate of drug-likeness (QED) is 0.843. The Kier molecular flexibility index (Phi) is 4.69. The first-order valence-electron chi connectivity index (χ1n) is 7.82. The van der Waals surface area contributed by atoms with Gasteiger partial charge in [-0.05, 0) is 51.4 Å². The average molecular weight is 292 g/mol. The van der Waals surface area contributed by atoms with Crippen LogP contribution in [0.15, 0.2) is 0 Å². The minimum atomic E-state index is -4.04. The normalized spacial score (nSPS) is 40.8. The van der Waals surface area contributed by atoms with Crippen molar-refractivity contribution in [3.63, 3.8) is 0 Å². The number of nitrogens with zero attached hydrogens (tertiary/aromatic N) is 1. The molecule has 118 valence electrons. The highest BCUT2D eigenvalue weighted by atomic mass is 19.4. The molecule has 1 saturated carbocycles. The lowest BCUT2D eigenvalue weighted by molar-refractivity contribution is -0.190. The van der Waals surface area contributed by atoms with E-state index in [4.69, 9.17) is 5.73 Å². The maximum Gasteiger partial charge on any atom is 0.391 e. The Morgan fingerprint density at radius 1 is 1.10 bits per heavy atom. The molecule has 2 rings (SSSR count). The van der Waals surface area contributed by atoms with Gasteiger partial charge in [-0.1, -0.05) is 6.92 Å². The largest absolute Gasteiger partial charge is 0.391 e. The van der Waals surface area contributed by atoms with Crippen molar-refractivity contribution >= 4 is 0 Å². The molecule has 1 saturated heterocycles. The van der Waals surface area contributed by atoms with Crippen molar-refractivity contribution in [1.29, 1.82) is 0 Å². The number of hydrogen-bond acceptors (Lipinski definition) is 2. The van der Waals surface area contributed by atoms with E-state index in [2.05, 4.69) is 18.7 Å². The Morgan fingerprint density at radius 3 is 2.20 bits per heavy atom. The van der Waals surface area contributed by atoms with Crippen LogP contribution in [0.1, 0.15) is 52.4 Å². The van der Waals surface area contributed by atoms with E-state index >= 15 is 0 Å². The van der Waals surface area contributed by atoms with Crippen molar-refractivity contribution in [1.82, 2.24) is 4.90 Å². The number of piperidine rings is 1. The first-order chi connectivity index (χ1) is 9.28. The summed E-state index contributed by atoms with van der Waals surface area (Å²) in [6, 6.07) is 0.442. The molecule has 0 aromatic carbocycles. The first-order valence-corrected chi connectivity index (χ1v) is 7.82. The molecule has 0 aromatic heterocycles. The highest BCUT2D eigenvalue weighted by Gasteiger charge is 2.48. The molecule has 1 aliphatic heterocycles. The monoisotopic (exact) mass is 292 g/mol. The van der Waals surface area contributed by atoms with Crippen LogP contribution in [0.5, 0.6) is 0 Å². The second kappa shape index (κ2) is 5.84. The van der Waals surface area contributed by atoms with Crippen molar-refractivity contribution in [2.24, 2.45) is 17.6 Å². The topological polar surface area (TPSA) is 29.3 Å². The van der Waals surface area contributed by atoms with Crippen LogP contribution >= 0.6 is 0 Å². The Balaban J connectivity index is 2.08. The molecule has 1 heterocycles. The van der Waals surface area contributed by atoms with E-state index < -0.39 is 12.1 Å². The first kappa shape index (κ1) is 16.1. The average Bonchev–Trinajstić information content (AvgIpc) is 2.40. The minimum absolute atomic E-state index is 0.199. The van der Waals surface area contributed by atoms with Crippen molar-refractivity contribution in [2.75, 3.05) is 13.1 Å². The van der Waals surface area contributed by atoms with E-state index in [1.807, 2.05) is 0 Å². The van der Waals surface area contributed by atoms with Gasteiger partial charge in [-0.15, -0.1) is 0 Å². The number of rotatable bonds is 2. The molecule has 0 radical (unpaired) electrons. The van der Waals surface area contributed by atoms with Gasteiger partial charge in [0.15, 0.2) is 0 Å². The predicted molar refractivity (Wildman–Crippen MR) is 74.4 cm³/mol. The molecule has 0 bridgehead atoms. The smallest absolute Gasteiger partial charge is 0.329 e. The van der Waals surface area contributed by atoms with Crippen LogP contribution in [0.2, 0.25) is 0 Å². The van der Waals surface area contributed by atoms with Crippen molar-refractivity contribution in [2.45, 2.75) is 70.1 Å². The van der Waals surface area contributed by atoms with Gasteiger partial charge in [0.05, 0.1) is 5.92 Å². The fraction of sp³-hybridized carbons (Fsp3) is 1.00. The van der Waals surface area contributed by atoms with Gasteiger partial charge >= 0.3 is 6.18 Å². The molecule has 2 nitrogen and oxygen atoms in total. The SMILES string of the molecule is CC1CCC(C)N(C2(CN)CCC(C(F)(F)F)CC2)C1. The van der Waals surface area contributed by atoms with Crippen LogP contribution in [0, 0.1) is 11.8 Å². The zero-order valence-electron chi connectivity index (χ0n) is 12.5. The summed E-state index contributed by atoms with van der Waals surface area (Å²) in [7, 11) is 0.